The van der Waals surface area contributed by atoms with E-state index in [2.05, 4.69) is 20.5 Å². The molecule has 6 heteroatoms. The predicted molar refractivity (Wildman–Crippen MR) is 64.1 cm³/mol. The van der Waals surface area contributed by atoms with Crippen molar-refractivity contribution in [3.8, 4) is 0 Å². The Balaban J connectivity index is 2.60. The molecule has 0 aliphatic carbocycles. The normalized spacial score (nSPS) is 15.6. The predicted octanol–water partition coefficient (Wildman–Crippen LogP) is 1.80. The molecule has 1 atom stereocenters. The number of hydrogen-bond acceptors (Lipinski definition) is 3. The van der Waals surface area contributed by atoms with Crippen LogP contribution < -0.4 is 0 Å². The first-order valence-electron chi connectivity index (χ1n) is 4.83. The minimum Gasteiger partial charge on any atom is -0.292 e. The molecule has 2 rings (SSSR count). The maximum absolute atomic E-state index is 12.2. The molecule has 0 spiro atoms. The molecular formula is C10H12N4OS. The monoisotopic (exact) mass is 236 g/mol. The van der Waals surface area contributed by atoms with E-state index in [1.54, 1.807) is 10.6 Å². The lowest BCUT2D eigenvalue weighted by atomic mass is 10.5. The van der Waals surface area contributed by atoms with Crippen molar-refractivity contribution in [2.75, 3.05) is 6.54 Å². The molecule has 0 saturated heterocycles. The average molecular weight is 236 g/mol. The molecule has 0 N–H and O–H groups in total. The zero-order valence-corrected chi connectivity index (χ0v) is 9.72. The SMILES string of the molecule is C=S(=O)(N=NCC)c1cnc2ccccn12. The number of rotatable bonds is 3. The second kappa shape index (κ2) is 4.05. The minimum absolute atomic E-state index is 0.473. The van der Waals surface area contributed by atoms with Crippen LogP contribution in [-0.4, -0.2) is 26.0 Å². The Morgan fingerprint density at radius 2 is 2.38 bits per heavy atom. The van der Waals surface area contributed by atoms with Gasteiger partial charge in [-0.15, -0.1) is 0 Å². The summed E-state index contributed by atoms with van der Waals surface area (Å²) >= 11 is 0. The van der Waals surface area contributed by atoms with Crippen molar-refractivity contribution in [2.24, 2.45) is 9.63 Å². The second-order valence-electron chi connectivity index (χ2n) is 3.21. The summed E-state index contributed by atoms with van der Waals surface area (Å²) in [5.41, 5.74) is 0.723. The highest BCUT2D eigenvalue weighted by molar-refractivity contribution is 7.98. The number of imidazole rings is 1. The van der Waals surface area contributed by atoms with Crippen LogP contribution >= 0.6 is 0 Å². The Hall–Kier alpha value is -1.69. The first-order chi connectivity index (χ1) is 7.65. The Morgan fingerprint density at radius 1 is 1.56 bits per heavy atom. The Bertz CT molecular complexity index is 627. The van der Waals surface area contributed by atoms with Crippen molar-refractivity contribution in [2.45, 2.75) is 11.9 Å². The summed E-state index contributed by atoms with van der Waals surface area (Å²) in [5, 5.41) is 4.22. The zero-order chi connectivity index (χ0) is 11.6. The molecule has 0 aliphatic heterocycles. The third-order valence-electron chi connectivity index (χ3n) is 2.04. The summed E-state index contributed by atoms with van der Waals surface area (Å²) in [7, 11) is -2.75. The highest BCUT2D eigenvalue weighted by Crippen LogP contribution is 2.14. The highest BCUT2D eigenvalue weighted by Gasteiger charge is 2.11. The van der Waals surface area contributed by atoms with Crippen molar-refractivity contribution in [1.82, 2.24) is 9.38 Å². The molecule has 84 valence electrons. The van der Waals surface area contributed by atoms with Crippen molar-refractivity contribution in [3.63, 3.8) is 0 Å². The fraction of sp³-hybridized carbons (Fsp3) is 0.200. The standard InChI is InChI=1S/C10H12N4OS/c1-3-12-13-16(2,15)10-8-11-9-6-4-5-7-14(9)10/h4-8H,2-3H2,1H3. The van der Waals surface area contributed by atoms with Gasteiger partial charge in [0, 0.05) is 6.20 Å². The molecule has 0 bridgehead atoms. The summed E-state index contributed by atoms with van der Waals surface area (Å²) in [6, 6.07) is 5.53. The van der Waals surface area contributed by atoms with Crippen molar-refractivity contribution in [3.05, 3.63) is 30.6 Å². The third-order valence-corrected chi connectivity index (χ3v) is 3.38. The summed E-state index contributed by atoms with van der Waals surface area (Å²) in [6.45, 7) is 2.32. The topological polar surface area (TPSA) is 59.1 Å². The second-order valence-corrected chi connectivity index (χ2v) is 5.07. The minimum atomic E-state index is -2.75. The van der Waals surface area contributed by atoms with Crippen LogP contribution in [0.5, 0.6) is 0 Å². The van der Waals surface area contributed by atoms with Gasteiger partial charge in [-0.3, -0.25) is 4.40 Å². The number of pyridine rings is 1. The fourth-order valence-electron chi connectivity index (χ4n) is 1.34. The molecular weight excluding hydrogens is 224 g/mol. The lowest BCUT2D eigenvalue weighted by molar-refractivity contribution is 0.676. The molecule has 0 radical (unpaired) electrons. The lowest BCUT2D eigenvalue weighted by Crippen LogP contribution is -2.00. The van der Waals surface area contributed by atoms with Crippen LogP contribution in [0.4, 0.5) is 0 Å². The van der Waals surface area contributed by atoms with E-state index in [1.807, 2.05) is 25.1 Å². The molecule has 0 aliphatic rings. The van der Waals surface area contributed by atoms with Gasteiger partial charge < -0.3 is 0 Å². The van der Waals surface area contributed by atoms with Crippen LogP contribution in [0.25, 0.3) is 5.65 Å². The Morgan fingerprint density at radius 3 is 3.12 bits per heavy atom. The molecule has 5 nitrogen and oxygen atoms in total. The maximum atomic E-state index is 12.2. The molecule has 1 unspecified atom stereocenters. The van der Waals surface area contributed by atoms with Crippen LogP contribution in [0.2, 0.25) is 0 Å². The number of hydrogen-bond donors (Lipinski definition) is 0. The van der Waals surface area contributed by atoms with Crippen molar-refractivity contribution < 1.29 is 4.21 Å². The van der Waals surface area contributed by atoms with Gasteiger partial charge in [-0.1, -0.05) is 10.6 Å². The number of nitrogens with zero attached hydrogens (tertiary/aromatic N) is 4. The maximum Gasteiger partial charge on any atom is 0.145 e. The van der Waals surface area contributed by atoms with Crippen molar-refractivity contribution in [1.29, 1.82) is 0 Å². The van der Waals surface area contributed by atoms with Gasteiger partial charge in [-0.05, 0) is 24.9 Å². The first-order valence-corrected chi connectivity index (χ1v) is 6.51. The van der Waals surface area contributed by atoms with Gasteiger partial charge in [0.1, 0.15) is 20.4 Å². The molecule has 2 heterocycles. The zero-order valence-electron chi connectivity index (χ0n) is 8.91. The van der Waals surface area contributed by atoms with E-state index in [4.69, 9.17) is 0 Å². The number of aromatic nitrogens is 2. The van der Waals surface area contributed by atoms with E-state index >= 15 is 0 Å². The third kappa shape index (κ3) is 1.83. The van der Waals surface area contributed by atoms with E-state index in [-0.39, 0.29) is 0 Å². The van der Waals surface area contributed by atoms with E-state index < -0.39 is 9.71 Å². The van der Waals surface area contributed by atoms with Gasteiger partial charge in [0.05, 0.1) is 12.7 Å². The van der Waals surface area contributed by atoms with Crippen LogP contribution in [0, 0.1) is 0 Å². The van der Waals surface area contributed by atoms with Gasteiger partial charge >= 0.3 is 0 Å². The lowest BCUT2D eigenvalue weighted by Gasteiger charge is -2.01. The van der Waals surface area contributed by atoms with Crippen LogP contribution in [0.3, 0.4) is 0 Å². The summed E-state index contributed by atoms with van der Waals surface area (Å²) in [5.74, 6) is 3.61. The fourth-order valence-corrected chi connectivity index (χ4v) is 2.40. The van der Waals surface area contributed by atoms with Gasteiger partial charge in [0.25, 0.3) is 0 Å². The number of fused-ring (bicyclic) bond motifs is 1. The molecule has 0 aromatic carbocycles. The first kappa shape index (κ1) is 10.8. The van der Waals surface area contributed by atoms with Crippen LogP contribution in [0.1, 0.15) is 6.92 Å². The quantitative estimate of drug-likeness (QED) is 0.602. The Labute approximate surface area is 94.0 Å². The molecule has 0 amide bonds. The molecule has 2 aromatic rings. The van der Waals surface area contributed by atoms with Crippen LogP contribution in [-0.2, 0) is 9.71 Å². The van der Waals surface area contributed by atoms with E-state index in [1.165, 1.54) is 6.20 Å². The van der Waals surface area contributed by atoms with E-state index in [0.717, 1.165) is 5.65 Å². The summed E-state index contributed by atoms with van der Waals surface area (Å²) in [4.78, 5) is 4.14. The highest BCUT2D eigenvalue weighted by atomic mass is 32.2. The molecule has 0 saturated carbocycles. The summed E-state index contributed by atoms with van der Waals surface area (Å²) in [6.07, 6.45) is 3.31. The molecule has 0 fully saturated rings. The summed E-state index contributed by atoms with van der Waals surface area (Å²) < 4.78 is 17.6. The van der Waals surface area contributed by atoms with Gasteiger partial charge in [-0.2, -0.15) is 5.11 Å². The van der Waals surface area contributed by atoms with Crippen LogP contribution in [0.15, 0.2) is 45.3 Å². The van der Waals surface area contributed by atoms with Gasteiger partial charge in [-0.25, -0.2) is 9.19 Å². The van der Waals surface area contributed by atoms with E-state index in [0.29, 0.717) is 11.6 Å². The van der Waals surface area contributed by atoms with E-state index in [9.17, 15) is 4.21 Å². The Kier molecular flexibility index (Phi) is 2.74. The van der Waals surface area contributed by atoms with Gasteiger partial charge in [0.2, 0.25) is 0 Å². The molecule has 2 aromatic heterocycles. The smallest absolute Gasteiger partial charge is 0.145 e. The molecule has 16 heavy (non-hydrogen) atoms. The van der Waals surface area contributed by atoms with Gasteiger partial charge in [0.15, 0.2) is 0 Å². The largest absolute Gasteiger partial charge is 0.292 e. The average Bonchev–Trinajstić information content (AvgIpc) is 2.71. The van der Waals surface area contributed by atoms with Crippen molar-refractivity contribution >= 4 is 21.2 Å².